The monoisotopic (exact) mass is 469 g/mol. The molecule has 0 aliphatic heterocycles. The zero-order valence-electron chi connectivity index (χ0n) is 20.1. The average molecular weight is 470 g/mol. The highest BCUT2D eigenvalue weighted by atomic mass is 19.1. The van der Waals surface area contributed by atoms with Crippen LogP contribution in [0.2, 0.25) is 0 Å². The van der Waals surface area contributed by atoms with E-state index in [0.29, 0.717) is 18.5 Å². The molecule has 2 aromatic carbocycles. The topological polar surface area (TPSA) is 96.5 Å². The molecule has 1 fully saturated rings. The number of aryl methyl sites for hydroxylation is 3. The first-order valence-corrected chi connectivity index (χ1v) is 11.5. The fourth-order valence-electron chi connectivity index (χ4n) is 4.65. The van der Waals surface area contributed by atoms with E-state index in [1.54, 1.807) is 0 Å². The molecule has 1 aliphatic carbocycles. The van der Waals surface area contributed by atoms with Crippen molar-refractivity contribution in [2.24, 2.45) is 0 Å². The standard InChI is InChI=1S/C26H32FN3O4/c1-16-13-17(2)22(18(3)14-16)29-25(33)28-21-15-19(27)9-10-20(21)23(31)30-26(24(32)34-4)11-7-5-6-8-12-26/h9-10,13-15H,5-8,11-12H2,1-4H3,(H,30,31)(H2,28,29,33). The minimum Gasteiger partial charge on any atom is -0.467 e. The summed E-state index contributed by atoms with van der Waals surface area (Å²) in [6, 6.07) is 6.81. The second-order valence-corrected chi connectivity index (χ2v) is 8.98. The van der Waals surface area contributed by atoms with E-state index in [4.69, 9.17) is 4.74 Å². The van der Waals surface area contributed by atoms with Gasteiger partial charge in [-0.3, -0.25) is 4.79 Å². The third-order valence-electron chi connectivity index (χ3n) is 6.28. The maximum atomic E-state index is 14.1. The van der Waals surface area contributed by atoms with Gasteiger partial charge in [0.15, 0.2) is 0 Å². The Balaban J connectivity index is 1.84. The number of hydrogen-bond donors (Lipinski definition) is 3. The van der Waals surface area contributed by atoms with E-state index >= 15 is 0 Å². The maximum Gasteiger partial charge on any atom is 0.331 e. The molecule has 0 saturated heterocycles. The van der Waals surface area contributed by atoms with Crippen molar-refractivity contribution in [2.75, 3.05) is 17.7 Å². The maximum absolute atomic E-state index is 14.1. The van der Waals surface area contributed by atoms with E-state index in [-0.39, 0.29) is 11.3 Å². The largest absolute Gasteiger partial charge is 0.467 e. The lowest BCUT2D eigenvalue weighted by Crippen LogP contribution is -2.54. The van der Waals surface area contributed by atoms with E-state index in [9.17, 15) is 18.8 Å². The Bertz CT molecular complexity index is 1070. The summed E-state index contributed by atoms with van der Waals surface area (Å²) in [5.74, 6) is -1.68. The molecule has 3 rings (SSSR count). The normalized spacial score (nSPS) is 15.1. The number of anilines is 2. The molecule has 34 heavy (non-hydrogen) atoms. The number of amides is 3. The van der Waals surface area contributed by atoms with E-state index in [1.807, 2.05) is 32.9 Å². The van der Waals surface area contributed by atoms with Gasteiger partial charge in [-0.25, -0.2) is 14.0 Å². The first kappa shape index (κ1) is 25.2. The quantitative estimate of drug-likeness (QED) is 0.404. The molecule has 3 N–H and O–H groups in total. The van der Waals surface area contributed by atoms with Crippen molar-refractivity contribution in [3.8, 4) is 0 Å². The van der Waals surface area contributed by atoms with Gasteiger partial charge in [-0.1, -0.05) is 43.4 Å². The zero-order chi connectivity index (χ0) is 24.9. The van der Waals surface area contributed by atoms with Gasteiger partial charge in [0.2, 0.25) is 0 Å². The molecule has 0 unspecified atom stereocenters. The number of carbonyl (C=O) groups is 3. The average Bonchev–Trinajstić information content (AvgIpc) is 3.02. The molecular weight excluding hydrogens is 437 g/mol. The highest BCUT2D eigenvalue weighted by Crippen LogP contribution is 2.30. The van der Waals surface area contributed by atoms with Crippen LogP contribution in [0.5, 0.6) is 0 Å². The van der Waals surface area contributed by atoms with Crippen LogP contribution in [-0.4, -0.2) is 30.6 Å². The molecule has 2 aromatic rings. The highest BCUT2D eigenvalue weighted by Gasteiger charge is 2.41. The van der Waals surface area contributed by atoms with Gasteiger partial charge in [0.25, 0.3) is 5.91 Å². The summed E-state index contributed by atoms with van der Waals surface area (Å²) >= 11 is 0. The van der Waals surface area contributed by atoms with Crippen molar-refractivity contribution in [3.63, 3.8) is 0 Å². The number of methoxy groups -OCH3 is 1. The Kier molecular flexibility index (Phi) is 7.91. The van der Waals surface area contributed by atoms with E-state index in [1.165, 1.54) is 13.2 Å². The Hall–Kier alpha value is -3.42. The van der Waals surface area contributed by atoms with Gasteiger partial charge in [0, 0.05) is 5.69 Å². The SMILES string of the molecule is COC(=O)C1(NC(=O)c2ccc(F)cc2NC(=O)Nc2c(C)cc(C)cc2C)CCCCCC1. The van der Waals surface area contributed by atoms with Gasteiger partial charge >= 0.3 is 12.0 Å². The van der Waals surface area contributed by atoms with E-state index in [0.717, 1.165) is 54.5 Å². The third kappa shape index (κ3) is 5.73. The summed E-state index contributed by atoms with van der Waals surface area (Å²) in [5.41, 5.74) is 2.41. The van der Waals surface area contributed by atoms with Gasteiger partial charge in [0.05, 0.1) is 18.4 Å². The number of halogens is 1. The van der Waals surface area contributed by atoms with Crippen LogP contribution in [0.4, 0.5) is 20.6 Å². The smallest absolute Gasteiger partial charge is 0.331 e. The second kappa shape index (κ2) is 10.7. The van der Waals surface area contributed by atoms with E-state index in [2.05, 4.69) is 16.0 Å². The zero-order valence-corrected chi connectivity index (χ0v) is 20.1. The lowest BCUT2D eigenvalue weighted by molar-refractivity contribution is -0.148. The Morgan fingerprint density at radius 2 is 1.53 bits per heavy atom. The van der Waals surface area contributed by atoms with Gasteiger partial charge < -0.3 is 20.7 Å². The number of nitrogens with one attached hydrogen (secondary N) is 3. The molecule has 0 aromatic heterocycles. The molecule has 1 aliphatic rings. The highest BCUT2D eigenvalue weighted by molar-refractivity contribution is 6.08. The molecule has 0 spiro atoms. The van der Waals surface area contributed by atoms with Crippen molar-refractivity contribution in [2.45, 2.75) is 64.8 Å². The van der Waals surface area contributed by atoms with Crippen LogP contribution in [0.1, 0.15) is 65.6 Å². The number of esters is 1. The first-order valence-electron chi connectivity index (χ1n) is 11.5. The molecule has 3 amide bonds. The fourth-order valence-corrected chi connectivity index (χ4v) is 4.65. The van der Waals surface area contributed by atoms with Crippen molar-refractivity contribution in [3.05, 3.63) is 58.4 Å². The lowest BCUT2D eigenvalue weighted by Gasteiger charge is -2.31. The van der Waals surface area contributed by atoms with Gasteiger partial charge in [-0.2, -0.15) is 0 Å². The van der Waals surface area contributed by atoms with Crippen LogP contribution in [0, 0.1) is 26.6 Å². The van der Waals surface area contributed by atoms with Gasteiger partial charge in [0.1, 0.15) is 11.4 Å². The van der Waals surface area contributed by atoms with Crippen LogP contribution in [0.25, 0.3) is 0 Å². The molecule has 0 atom stereocenters. The number of urea groups is 1. The summed E-state index contributed by atoms with van der Waals surface area (Å²) in [6.07, 6.45) is 4.42. The number of ether oxygens (including phenoxy) is 1. The second-order valence-electron chi connectivity index (χ2n) is 8.98. The Labute approximate surface area is 199 Å². The Morgan fingerprint density at radius 3 is 2.12 bits per heavy atom. The number of benzene rings is 2. The number of carbonyl (C=O) groups excluding carboxylic acids is 3. The summed E-state index contributed by atoms with van der Waals surface area (Å²) in [4.78, 5) is 38.7. The fraction of sp³-hybridized carbons (Fsp3) is 0.423. The Morgan fingerprint density at radius 1 is 0.912 bits per heavy atom. The minimum absolute atomic E-state index is 0.00561. The molecular formula is C26H32FN3O4. The summed E-state index contributed by atoms with van der Waals surface area (Å²) in [7, 11) is 1.30. The van der Waals surface area contributed by atoms with Crippen LogP contribution < -0.4 is 16.0 Å². The first-order chi connectivity index (χ1) is 16.1. The third-order valence-corrected chi connectivity index (χ3v) is 6.28. The molecule has 8 heteroatoms. The van der Waals surface area contributed by atoms with Crippen LogP contribution in [0.15, 0.2) is 30.3 Å². The van der Waals surface area contributed by atoms with Gasteiger partial charge in [-0.05, 0) is 62.9 Å². The van der Waals surface area contributed by atoms with Crippen LogP contribution in [0.3, 0.4) is 0 Å². The van der Waals surface area contributed by atoms with Crippen LogP contribution >= 0.6 is 0 Å². The molecule has 0 heterocycles. The molecule has 7 nitrogen and oxygen atoms in total. The van der Waals surface area contributed by atoms with Crippen molar-refractivity contribution < 1.29 is 23.5 Å². The van der Waals surface area contributed by atoms with Crippen molar-refractivity contribution in [1.29, 1.82) is 0 Å². The van der Waals surface area contributed by atoms with Crippen molar-refractivity contribution >= 4 is 29.3 Å². The predicted octanol–water partition coefficient (Wildman–Crippen LogP) is 5.39. The number of hydrogen-bond acceptors (Lipinski definition) is 4. The molecule has 0 bridgehead atoms. The lowest BCUT2D eigenvalue weighted by atomic mass is 9.89. The van der Waals surface area contributed by atoms with Crippen LogP contribution in [-0.2, 0) is 9.53 Å². The van der Waals surface area contributed by atoms with E-state index < -0.39 is 29.3 Å². The molecule has 182 valence electrons. The number of rotatable bonds is 5. The summed E-state index contributed by atoms with van der Waals surface area (Å²) in [5, 5.41) is 8.21. The summed E-state index contributed by atoms with van der Waals surface area (Å²) < 4.78 is 19.1. The van der Waals surface area contributed by atoms with Crippen molar-refractivity contribution in [1.82, 2.24) is 5.32 Å². The molecule has 0 radical (unpaired) electrons. The minimum atomic E-state index is -1.15. The predicted molar refractivity (Wildman–Crippen MR) is 130 cm³/mol. The summed E-state index contributed by atoms with van der Waals surface area (Å²) in [6.45, 7) is 5.74. The molecule has 1 saturated carbocycles. The van der Waals surface area contributed by atoms with Gasteiger partial charge in [-0.15, -0.1) is 0 Å².